The van der Waals surface area contributed by atoms with E-state index in [1.54, 1.807) is 17.5 Å². The molecule has 0 bridgehead atoms. The predicted octanol–water partition coefficient (Wildman–Crippen LogP) is 6.16. The van der Waals surface area contributed by atoms with Crippen molar-refractivity contribution in [3.05, 3.63) is 74.6 Å². The molecule has 0 fully saturated rings. The van der Waals surface area contributed by atoms with E-state index in [0.29, 0.717) is 10.8 Å². The number of halogens is 1. The van der Waals surface area contributed by atoms with Gasteiger partial charge in [-0.25, -0.2) is 4.98 Å². The van der Waals surface area contributed by atoms with Gasteiger partial charge in [-0.05, 0) is 59.9 Å². The van der Waals surface area contributed by atoms with Gasteiger partial charge in [0.05, 0.1) is 0 Å². The van der Waals surface area contributed by atoms with Gasteiger partial charge in [-0.15, -0.1) is 11.3 Å². The third-order valence-electron chi connectivity index (χ3n) is 4.95. The summed E-state index contributed by atoms with van der Waals surface area (Å²) in [5.74, 6) is 0.561. The fourth-order valence-corrected chi connectivity index (χ4v) is 5.09. The lowest BCUT2D eigenvalue weighted by molar-refractivity contribution is -0.114. The van der Waals surface area contributed by atoms with Gasteiger partial charge in [0, 0.05) is 33.8 Å². The highest BCUT2D eigenvalue weighted by atomic mass is 35.5. The van der Waals surface area contributed by atoms with Crippen LogP contribution >= 0.6 is 22.9 Å². The minimum absolute atomic E-state index is 0.164. The number of carbonyl (C=O) groups is 1. The van der Waals surface area contributed by atoms with Crippen molar-refractivity contribution in [1.82, 2.24) is 4.98 Å². The van der Waals surface area contributed by atoms with Crippen LogP contribution in [0.3, 0.4) is 0 Å². The maximum atomic E-state index is 11.4. The summed E-state index contributed by atoms with van der Waals surface area (Å²) in [4.78, 5) is 29.0. The molecule has 1 aliphatic rings. The SMILES string of the molecule is CC(=O)Nc1cc(-c2cc3c(s2)C(N=O)CCC3c2ccc(Cl)cc2)ccn1. The fourth-order valence-electron chi connectivity index (χ4n) is 3.68. The minimum Gasteiger partial charge on any atom is -0.311 e. The molecule has 1 aliphatic carbocycles. The van der Waals surface area contributed by atoms with Gasteiger partial charge in [-0.1, -0.05) is 28.9 Å². The average molecular weight is 412 g/mol. The third kappa shape index (κ3) is 3.70. The van der Waals surface area contributed by atoms with Gasteiger partial charge in [0.2, 0.25) is 5.91 Å². The molecule has 5 nitrogen and oxygen atoms in total. The number of hydrogen-bond acceptors (Lipinski definition) is 5. The van der Waals surface area contributed by atoms with Crippen molar-refractivity contribution in [3.63, 3.8) is 0 Å². The lowest BCUT2D eigenvalue weighted by Gasteiger charge is -2.25. The quantitative estimate of drug-likeness (QED) is 0.523. The van der Waals surface area contributed by atoms with Gasteiger partial charge >= 0.3 is 0 Å². The Morgan fingerprint density at radius 1 is 1.21 bits per heavy atom. The second kappa shape index (κ2) is 7.81. The van der Waals surface area contributed by atoms with Crippen LogP contribution < -0.4 is 5.32 Å². The van der Waals surface area contributed by atoms with Crippen molar-refractivity contribution < 1.29 is 4.79 Å². The zero-order valence-corrected chi connectivity index (χ0v) is 16.8. The Labute approximate surface area is 171 Å². The topological polar surface area (TPSA) is 71.4 Å². The standard InChI is InChI=1S/C21H18ClN3O2S/c1-12(26)24-20-10-14(8-9-23-20)19-11-17-16(13-2-4-15(22)5-3-13)6-7-18(25-27)21(17)28-19/h2-5,8-11,16,18H,6-7H2,1H3,(H,23,24,26). The van der Waals surface area contributed by atoms with Crippen molar-refractivity contribution in [1.29, 1.82) is 0 Å². The Morgan fingerprint density at radius 3 is 2.71 bits per heavy atom. The first kappa shape index (κ1) is 18.8. The first-order chi connectivity index (χ1) is 13.5. The van der Waals surface area contributed by atoms with Crippen LogP contribution in [-0.4, -0.2) is 10.9 Å². The monoisotopic (exact) mass is 411 g/mol. The van der Waals surface area contributed by atoms with Crippen molar-refractivity contribution >= 4 is 34.7 Å². The Morgan fingerprint density at radius 2 is 2.00 bits per heavy atom. The number of nitrogens with zero attached hydrogens (tertiary/aromatic N) is 2. The van der Waals surface area contributed by atoms with Gasteiger partial charge < -0.3 is 5.32 Å². The van der Waals surface area contributed by atoms with E-state index in [-0.39, 0.29) is 17.9 Å². The average Bonchev–Trinajstić information content (AvgIpc) is 3.13. The molecule has 2 heterocycles. The fraction of sp³-hybridized carbons (Fsp3) is 0.238. The van der Waals surface area contributed by atoms with Crippen LogP contribution in [0.4, 0.5) is 5.82 Å². The molecule has 1 N–H and O–H groups in total. The molecule has 7 heteroatoms. The number of pyridine rings is 1. The highest BCUT2D eigenvalue weighted by Gasteiger charge is 2.31. The number of fused-ring (bicyclic) bond motifs is 1. The number of thiophene rings is 1. The van der Waals surface area contributed by atoms with Gasteiger partial charge in [0.25, 0.3) is 0 Å². The maximum absolute atomic E-state index is 11.4. The molecular formula is C21H18ClN3O2S. The van der Waals surface area contributed by atoms with E-state index >= 15 is 0 Å². The normalized spacial score (nSPS) is 18.4. The van der Waals surface area contributed by atoms with Crippen LogP contribution in [0.25, 0.3) is 10.4 Å². The Balaban J connectivity index is 1.75. The summed E-state index contributed by atoms with van der Waals surface area (Å²) in [6.07, 6.45) is 3.28. The molecule has 28 heavy (non-hydrogen) atoms. The van der Waals surface area contributed by atoms with Crippen LogP contribution in [0.2, 0.25) is 5.02 Å². The van der Waals surface area contributed by atoms with Crippen molar-refractivity contribution in [2.45, 2.75) is 31.7 Å². The van der Waals surface area contributed by atoms with Crippen molar-refractivity contribution in [3.8, 4) is 10.4 Å². The van der Waals surface area contributed by atoms with Crippen LogP contribution in [0, 0.1) is 4.91 Å². The van der Waals surface area contributed by atoms with Crippen LogP contribution in [0.5, 0.6) is 0 Å². The number of hydrogen-bond donors (Lipinski definition) is 1. The molecule has 2 aromatic heterocycles. The number of rotatable bonds is 4. The zero-order chi connectivity index (χ0) is 19.7. The maximum Gasteiger partial charge on any atom is 0.222 e. The van der Waals surface area contributed by atoms with Crippen LogP contribution in [-0.2, 0) is 4.79 Å². The van der Waals surface area contributed by atoms with E-state index in [9.17, 15) is 9.70 Å². The molecule has 0 saturated heterocycles. The molecule has 0 aliphatic heterocycles. The summed E-state index contributed by atoms with van der Waals surface area (Å²) in [7, 11) is 0. The summed E-state index contributed by atoms with van der Waals surface area (Å²) >= 11 is 7.63. The van der Waals surface area contributed by atoms with Crippen LogP contribution in [0.1, 0.15) is 47.7 Å². The molecule has 4 rings (SSSR count). The molecule has 1 amide bonds. The lowest BCUT2D eigenvalue weighted by Crippen LogP contribution is -2.11. The highest BCUT2D eigenvalue weighted by molar-refractivity contribution is 7.15. The number of carbonyl (C=O) groups excluding carboxylic acids is 1. The number of amides is 1. The Bertz CT molecular complexity index is 1030. The molecule has 142 valence electrons. The van der Waals surface area contributed by atoms with Gasteiger partial charge in [-0.3, -0.25) is 4.79 Å². The third-order valence-corrected chi connectivity index (χ3v) is 6.50. The molecule has 0 spiro atoms. The lowest BCUT2D eigenvalue weighted by atomic mass is 9.81. The number of benzene rings is 1. The number of nitrogens with one attached hydrogen (secondary N) is 1. The Kier molecular flexibility index (Phi) is 5.24. The van der Waals surface area contributed by atoms with E-state index in [2.05, 4.69) is 21.5 Å². The van der Waals surface area contributed by atoms with E-state index in [1.165, 1.54) is 12.5 Å². The van der Waals surface area contributed by atoms with E-state index in [0.717, 1.165) is 33.7 Å². The molecule has 0 radical (unpaired) electrons. The van der Waals surface area contributed by atoms with Crippen molar-refractivity contribution in [2.75, 3.05) is 5.32 Å². The zero-order valence-electron chi connectivity index (χ0n) is 15.2. The van der Waals surface area contributed by atoms with E-state index < -0.39 is 0 Å². The van der Waals surface area contributed by atoms with Gasteiger partial charge in [0.1, 0.15) is 11.9 Å². The molecule has 2 atom stereocenters. The molecular weight excluding hydrogens is 394 g/mol. The largest absolute Gasteiger partial charge is 0.311 e. The second-order valence-electron chi connectivity index (χ2n) is 6.84. The summed E-state index contributed by atoms with van der Waals surface area (Å²) in [5.41, 5.74) is 3.29. The molecule has 0 saturated carbocycles. The number of nitroso groups, excluding NO2 is 1. The predicted molar refractivity (Wildman–Crippen MR) is 113 cm³/mol. The summed E-state index contributed by atoms with van der Waals surface area (Å²) in [6, 6.07) is 13.5. The first-order valence-corrected chi connectivity index (χ1v) is 10.2. The second-order valence-corrected chi connectivity index (χ2v) is 8.36. The van der Waals surface area contributed by atoms with E-state index in [4.69, 9.17) is 11.6 Å². The van der Waals surface area contributed by atoms with Gasteiger partial charge in [-0.2, -0.15) is 4.91 Å². The van der Waals surface area contributed by atoms with Crippen molar-refractivity contribution in [2.24, 2.45) is 5.18 Å². The molecule has 3 aromatic rings. The van der Waals surface area contributed by atoms with E-state index in [1.807, 2.05) is 36.4 Å². The smallest absolute Gasteiger partial charge is 0.222 e. The Hall–Kier alpha value is -2.57. The minimum atomic E-state index is -0.311. The number of anilines is 1. The summed E-state index contributed by atoms with van der Waals surface area (Å²) < 4.78 is 0. The first-order valence-electron chi connectivity index (χ1n) is 9.00. The molecule has 2 unspecified atom stereocenters. The highest BCUT2D eigenvalue weighted by Crippen LogP contribution is 2.48. The molecule has 1 aromatic carbocycles. The number of aromatic nitrogens is 1. The van der Waals surface area contributed by atoms with Gasteiger partial charge in [0.15, 0.2) is 0 Å². The summed E-state index contributed by atoms with van der Waals surface area (Å²) in [5, 5.41) is 6.78. The van der Waals surface area contributed by atoms with Crippen LogP contribution in [0.15, 0.2) is 53.8 Å². The summed E-state index contributed by atoms with van der Waals surface area (Å²) in [6.45, 7) is 1.45.